The molecule has 0 aliphatic carbocycles. The van der Waals surface area contributed by atoms with E-state index in [1.807, 2.05) is 0 Å². The van der Waals surface area contributed by atoms with Crippen LogP contribution < -0.4 is 10.6 Å². The highest BCUT2D eigenvalue weighted by Crippen LogP contribution is 2.16. The molecule has 0 unspecified atom stereocenters. The van der Waals surface area contributed by atoms with Gasteiger partial charge in [0.05, 0.1) is 0 Å². The van der Waals surface area contributed by atoms with Crippen LogP contribution in [0.5, 0.6) is 0 Å². The van der Waals surface area contributed by atoms with Crippen molar-refractivity contribution in [3.05, 3.63) is 5.82 Å². The highest BCUT2D eigenvalue weighted by atomic mass is 127. The van der Waals surface area contributed by atoms with Crippen LogP contribution in [0.4, 0.5) is 0 Å². The van der Waals surface area contributed by atoms with Crippen LogP contribution in [0, 0.1) is 5.92 Å². The number of hydrogen-bond donors (Lipinski definition) is 2. The molecule has 0 aliphatic rings. The Bertz CT molecular complexity index is 553. The number of ether oxygens (including phenoxy) is 1. The second kappa shape index (κ2) is 18.2. The molecule has 0 aromatic carbocycles. The molecule has 0 saturated carbocycles. The van der Waals surface area contributed by atoms with E-state index in [0.29, 0.717) is 5.92 Å². The quantitative estimate of drug-likeness (QED) is 0.115. The zero-order chi connectivity index (χ0) is 20.6. The minimum absolute atomic E-state index is 0. The van der Waals surface area contributed by atoms with Gasteiger partial charge in [-0.15, -0.1) is 34.2 Å². The summed E-state index contributed by atoms with van der Waals surface area (Å²) in [5.74, 6) is 2.52. The molecule has 0 fully saturated rings. The van der Waals surface area contributed by atoms with E-state index in [1.165, 1.54) is 6.42 Å². The lowest BCUT2D eigenvalue weighted by atomic mass is 10.2. The number of rotatable bonds is 15. The fourth-order valence-corrected chi connectivity index (χ4v) is 3.23. The van der Waals surface area contributed by atoms with E-state index in [0.717, 1.165) is 82.0 Å². The highest BCUT2D eigenvalue weighted by molar-refractivity contribution is 14.0. The van der Waals surface area contributed by atoms with E-state index in [1.54, 1.807) is 11.8 Å². The maximum atomic E-state index is 5.60. The van der Waals surface area contributed by atoms with Crippen molar-refractivity contribution in [1.29, 1.82) is 0 Å². The SMILES string of the molecule is CCCCOCCCNC(=NCCCc1nnc(SC)n1CC(C)C)NCC.I. The number of unbranched alkanes of at least 4 members (excludes halogenated alkanes) is 1. The summed E-state index contributed by atoms with van der Waals surface area (Å²) in [6.45, 7) is 13.8. The Balaban J connectivity index is 0.00000784. The van der Waals surface area contributed by atoms with Gasteiger partial charge in [-0.1, -0.05) is 39.0 Å². The van der Waals surface area contributed by atoms with Crippen LogP contribution in [0.1, 0.15) is 59.2 Å². The number of hydrogen-bond acceptors (Lipinski definition) is 5. The smallest absolute Gasteiger partial charge is 0.191 e. The summed E-state index contributed by atoms with van der Waals surface area (Å²) in [5.41, 5.74) is 0. The predicted octanol–water partition coefficient (Wildman–Crippen LogP) is 3.97. The average Bonchev–Trinajstić information content (AvgIpc) is 3.05. The molecule has 0 saturated heterocycles. The molecule has 1 aromatic heterocycles. The summed E-state index contributed by atoms with van der Waals surface area (Å²) in [6, 6.07) is 0. The molecule has 1 aromatic rings. The zero-order valence-electron chi connectivity index (χ0n) is 18.9. The van der Waals surface area contributed by atoms with Gasteiger partial charge < -0.3 is 19.9 Å². The second-order valence-electron chi connectivity index (χ2n) is 7.22. The topological polar surface area (TPSA) is 76.4 Å². The predicted molar refractivity (Wildman–Crippen MR) is 135 cm³/mol. The number of aryl methyl sites for hydroxylation is 1. The molecule has 0 atom stereocenters. The molecule has 0 spiro atoms. The van der Waals surface area contributed by atoms with Crippen molar-refractivity contribution in [3.63, 3.8) is 0 Å². The Morgan fingerprint density at radius 2 is 1.90 bits per heavy atom. The third-order valence-corrected chi connectivity index (χ3v) is 4.76. The van der Waals surface area contributed by atoms with Crippen molar-refractivity contribution in [1.82, 2.24) is 25.4 Å². The summed E-state index contributed by atoms with van der Waals surface area (Å²) in [7, 11) is 0. The van der Waals surface area contributed by atoms with Gasteiger partial charge in [0.1, 0.15) is 5.82 Å². The standard InChI is InChI=1S/C20H40N6OS.HI/c1-6-8-14-27-15-10-13-23-19(21-7-2)22-12-9-11-18-24-25-20(28-5)26(18)16-17(3)4;/h17H,6-16H2,1-5H3,(H2,21,22,23);1H. The fourth-order valence-electron chi connectivity index (χ4n) is 2.70. The molecule has 170 valence electrons. The Labute approximate surface area is 198 Å². The maximum absolute atomic E-state index is 5.60. The number of aliphatic imine (C=N–C) groups is 1. The van der Waals surface area contributed by atoms with Gasteiger partial charge in [-0.05, 0) is 38.4 Å². The summed E-state index contributed by atoms with van der Waals surface area (Å²) < 4.78 is 7.85. The largest absolute Gasteiger partial charge is 0.381 e. The molecule has 1 rings (SSSR count). The van der Waals surface area contributed by atoms with Crippen LogP contribution in [0.25, 0.3) is 0 Å². The van der Waals surface area contributed by atoms with Crippen molar-refractivity contribution < 1.29 is 4.74 Å². The minimum atomic E-state index is 0. The Morgan fingerprint density at radius 3 is 2.55 bits per heavy atom. The highest BCUT2D eigenvalue weighted by Gasteiger charge is 2.12. The van der Waals surface area contributed by atoms with Gasteiger partial charge in [-0.3, -0.25) is 4.99 Å². The molecule has 0 radical (unpaired) electrons. The van der Waals surface area contributed by atoms with Crippen molar-refractivity contribution in [3.8, 4) is 0 Å². The fraction of sp³-hybridized carbons (Fsp3) is 0.850. The van der Waals surface area contributed by atoms with E-state index in [2.05, 4.69) is 64.3 Å². The van der Waals surface area contributed by atoms with Crippen LogP contribution in [0.3, 0.4) is 0 Å². The van der Waals surface area contributed by atoms with Gasteiger partial charge in [0.15, 0.2) is 11.1 Å². The van der Waals surface area contributed by atoms with Crippen LogP contribution in [0.2, 0.25) is 0 Å². The molecular weight excluding hydrogens is 499 g/mol. The van der Waals surface area contributed by atoms with E-state index >= 15 is 0 Å². The van der Waals surface area contributed by atoms with E-state index in [4.69, 9.17) is 4.74 Å². The lowest BCUT2D eigenvalue weighted by Crippen LogP contribution is -2.38. The summed E-state index contributed by atoms with van der Waals surface area (Å²) in [5, 5.41) is 16.4. The molecule has 7 nitrogen and oxygen atoms in total. The van der Waals surface area contributed by atoms with E-state index in [-0.39, 0.29) is 24.0 Å². The first kappa shape index (κ1) is 28.5. The van der Waals surface area contributed by atoms with E-state index < -0.39 is 0 Å². The van der Waals surface area contributed by atoms with Crippen molar-refractivity contribution in [2.45, 2.75) is 71.5 Å². The van der Waals surface area contributed by atoms with Gasteiger partial charge in [0, 0.05) is 45.8 Å². The minimum Gasteiger partial charge on any atom is -0.381 e. The van der Waals surface area contributed by atoms with Crippen LogP contribution in [-0.2, 0) is 17.7 Å². The summed E-state index contributed by atoms with van der Waals surface area (Å²) in [6.07, 6.45) is 7.22. The first-order chi connectivity index (χ1) is 13.6. The van der Waals surface area contributed by atoms with Gasteiger partial charge >= 0.3 is 0 Å². The number of aromatic nitrogens is 3. The van der Waals surface area contributed by atoms with E-state index in [9.17, 15) is 0 Å². The molecule has 0 amide bonds. The van der Waals surface area contributed by atoms with Crippen molar-refractivity contribution in [2.75, 3.05) is 39.1 Å². The average molecular weight is 541 g/mol. The third kappa shape index (κ3) is 12.7. The lowest BCUT2D eigenvalue weighted by Gasteiger charge is -2.12. The molecular formula is C20H41IN6OS. The van der Waals surface area contributed by atoms with Crippen molar-refractivity contribution >= 4 is 41.7 Å². The Kier molecular flexibility index (Phi) is 17.9. The Hall–Kier alpha value is -0.550. The summed E-state index contributed by atoms with van der Waals surface area (Å²) in [4.78, 5) is 4.68. The summed E-state index contributed by atoms with van der Waals surface area (Å²) >= 11 is 1.66. The Morgan fingerprint density at radius 1 is 1.14 bits per heavy atom. The first-order valence-electron chi connectivity index (χ1n) is 10.7. The number of nitrogens with one attached hydrogen (secondary N) is 2. The van der Waals surface area contributed by atoms with Crippen LogP contribution in [-0.4, -0.2) is 59.8 Å². The zero-order valence-corrected chi connectivity index (χ0v) is 22.0. The van der Waals surface area contributed by atoms with Gasteiger partial charge in [-0.2, -0.15) is 0 Å². The maximum Gasteiger partial charge on any atom is 0.191 e. The first-order valence-corrected chi connectivity index (χ1v) is 11.9. The number of thioether (sulfide) groups is 1. The third-order valence-electron chi connectivity index (χ3n) is 4.10. The van der Waals surface area contributed by atoms with Gasteiger partial charge in [0.2, 0.25) is 0 Å². The monoisotopic (exact) mass is 540 g/mol. The lowest BCUT2D eigenvalue weighted by molar-refractivity contribution is 0.129. The number of nitrogens with zero attached hydrogens (tertiary/aromatic N) is 4. The molecule has 2 N–H and O–H groups in total. The molecule has 0 bridgehead atoms. The second-order valence-corrected chi connectivity index (χ2v) is 7.99. The molecule has 1 heterocycles. The van der Waals surface area contributed by atoms with Crippen LogP contribution in [0.15, 0.2) is 10.1 Å². The number of guanidine groups is 1. The molecule has 9 heteroatoms. The van der Waals surface area contributed by atoms with Gasteiger partial charge in [0.25, 0.3) is 0 Å². The van der Waals surface area contributed by atoms with Crippen LogP contribution >= 0.6 is 35.7 Å². The number of halogens is 1. The molecule has 0 aliphatic heterocycles. The van der Waals surface area contributed by atoms with Gasteiger partial charge in [-0.25, -0.2) is 0 Å². The molecule has 29 heavy (non-hydrogen) atoms. The normalized spacial score (nSPS) is 11.6. The van der Waals surface area contributed by atoms with Crippen molar-refractivity contribution in [2.24, 2.45) is 10.9 Å².